The van der Waals surface area contributed by atoms with E-state index in [0.29, 0.717) is 10.6 Å². The Labute approximate surface area is 115 Å². The molecule has 0 fully saturated rings. The number of hydrogen-bond donors (Lipinski definition) is 1. The summed E-state index contributed by atoms with van der Waals surface area (Å²) in [6.45, 7) is 2.75. The van der Waals surface area contributed by atoms with Crippen LogP contribution in [0.3, 0.4) is 0 Å². The summed E-state index contributed by atoms with van der Waals surface area (Å²) in [5.41, 5.74) is 2.35. The van der Waals surface area contributed by atoms with Gasteiger partial charge in [0.25, 0.3) is 0 Å². The molecule has 3 rings (SSSR count). The molecule has 0 amide bonds. The Hall–Kier alpha value is -2.07. The second-order valence-electron chi connectivity index (χ2n) is 4.19. The fourth-order valence-electron chi connectivity index (χ4n) is 2.15. The average Bonchev–Trinajstić information content (AvgIpc) is 2.79. The van der Waals surface area contributed by atoms with Crippen molar-refractivity contribution in [3.05, 3.63) is 41.6 Å². The fraction of sp³-hybridized carbons (Fsp3) is 0.143. The van der Waals surface area contributed by atoms with E-state index in [9.17, 15) is 5.11 Å². The predicted molar refractivity (Wildman–Crippen MR) is 75.3 cm³/mol. The second-order valence-corrected chi connectivity index (χ2v) is 4.60. The zero-order valence-electron chi connectivity index (χ0n) is 10.3. The molecule has 0 unspecified atom stereocenters. The van der Waals surface area contributed by atoms with Gasteiger partial charge in [-0.1, -0.05) is 11.6 Å². The third-order valence-electron chi connectivity index (χ3n) is 3.01. The highest BCUT2D eigenvalue weighted by atomic mass is 35.5. The van der Waals surface area contributed by atoms with Crippen molar-refractivity contribution in [3.63, 3.8) is 0 Å². The van der Waals surface area contributed by atoms with Crippen LogP contribution in [0.2, 0.25) is 5.02 Å². The van der Waals surface area contributed by atoms with E-state index in [-0.39, 0.29) is 5.75 Å². The minimum Gasteiger partial charge on any atom is -0.508 e. The number of hydrogen-bond acceptors (Lipinski definition) is 3. The lowest BCUT2D eigenvalue weighted by molar-refractivity contribution is 0.475. The Morgan fingerprint density at radius 3 is 2.95 bits per heavy atom. The highest BCUT2D eigenvalue weighted by Crippen LogP contribution is 2.32. The van der Waals surface area contributed by atoms with E-state index in [4.69, 9.17) is 11.6 Å². The third kappa shape index (κ3) is 1.94. The van der Waals surface area contributed by atoms with Crippen molar-refractivity contribution < 1.29 is 5.11 Å². The van der Waals surface area contributed by atoms with Crippen LogP contribution in [0.25, 0.3) is 22.6 Å². The summed E-state index contributed by atoms with van der Waals surface area (Å²) in [6.07, 6.45) is 1.74. The zero-order chi connectivity index (χ0) is 13.4. The van der Waals surface area contributed by atoms with Gasteiger partial charge in [0.05, 0.1) is 5.02 Å². The molecule has 2 aromatic heterocycles. The van der Waals surface area contributed by atoms with Gasteiger partial charge in [0, 0.05) is 18.3 Å². The summed E-state index contributed by atoms with van der Waals surface area (Å²) in [7, 11) is 0. The van der Waals surface area contributed by atoms with Crippen molar-refractivity contribution in [3.8, 4) is 17.1 Å². The van der Waals surface area contributed by atoms with Crippen LogP contribution in [0.15, 0.2) is 36.5 Å². The lowest BCUT2D eigenvalue weighted by Crippen LogP contribution is -1.98. The largest absolute Gasteiger partial charge is 0.508 e. The average molecular weight is 274 g/mol. The van der Waals surface area contributed by atoms with E-state index in [2.05, 4.69) is 9.97 Å². The number of imidazole rings is 1. The van der Waals surface area contributed by atoms with Crippen molar-refractivity contribution >= 4 is 22.8 Å². The quantitative estimate of drug-likeness (QED) is 0.778. The summed E-state index contributed by atoms with van der Waals surface area (Å²) < 4.78 is 1.98. The minimum atomic E-state index is 0.169. The highest BCUT2D eigenvalue weighted by molar-refractivity contribution is 6.33. The highest BCUT2D eigenvalue weighted by Gasteiger charge is 2.15. The lowest BCUT2D eigenvalue weighted by Gasteiger charge is -2.07. The first-order valence-corrected chi connectivity index (χ1v) is 6.38. The molecule has 0 aliphatic heterocycles. The topological polar surface area (TPSA) is 50.9 Å². The van der Waals surface area contributed by atoms with E-state index in [1.807, 2.05) is 23.6 Å². The molecule has 4 nitrogen and oxygen atoms in total. The maximum Gasteiger partial charge on any atom is 0.160 e. The molecule has 0 saturated carbocycles. The van der Waals surface area contributed by atoms with Crippen molar-refractivity contribution in [1.29, 1.82) is 0 Å². The molecule has 3 aromatic rings. The summed E-state index contributed by atoms with van der Waals surface area (Å²) in [5, 5.41) is 10.2. The maximum atomic E-state index is 9.63. The molecule has 19 heavy (non-hydrogen) atoms. The summed E-state index contributed by atoms with van der Waals surface area (Å²) in [6, 6.07) is 8.61. The van der Waals surface area contributed by atoms with E-state index in [0.717, 1.165) is 23.5 Å². The molecule has 0 bridgehead atoms. The van der Waals surface area contributed by atoms with Gasteiger partial charge < -0.3 is 9.67 Å². The number of nitrogens with zero attached hydrogens (tertiary/aromatic N) is 3. The zero-order valence-corrected chi connectivity index (χ0v) is 11.1. The normalized spacial score (nSPS) is 11.1. The van der Waals surface area contributed by atoms with E-state index in [1.54, 1.807) is 24.4 Å². The first kappa shape index (κ1) is 12.0. The number of aromatic nitrogens is 3. The molecule has 0 radical (unpaired) electrons. The van der Waals surface area contributed by atoms with E-state index < -0.39 is 0 Å². The second kappa shape index (κ2) is 4.55. The minimum absolute atomic E-state index is 0.169. The molecular formula is C14H12ClN3O. The van der Waals surface area contributed by atoms with Gasteiger partial charge in [-0.3, -0.25) is 0 Å². The van der Waals surface area contributed by atoms with Gasteiger partial charge in [0.1, 0.15) is 17.1 Å². The number of aryl methyl sites for hydroxylation is 1. The van der Waals surface area contributed by atoms with E-state index >= 15 is 0 Å². The van der Waals surface area contributed by atoms with Crippen LogP contribution < -0.4 is 0 Å². The molecule has 0 atom stereocenters. The molecule has 0 aliphatic rings. The van der Waals surface area contributed by atoms with Crippen molar-refractivity contribution in [2.45, 2.75) is 13.5 Å². The molecule has 2 heterocycles. The number of fused-ring (bicyclic) bond motifs is 1. The van der Waals surface area contributed by atoms with Gasteiger partial charge in [-0.2, -0.15) is 0 Å². The van der Waals surface area contributed by atoms with Crippen molar-refractivity contribution in [2.24, 2.45) is 0 Å². The smallest absolute Gasteiger partial charge is 0.160 e. The van der Waals surface area contributed by atoms with E-state index in [1.165, 1.54) is 0 Å². The molecule has 5 heteroatoms. The fourth-order valence-corrected chi connectivity index (χ4v) is 2.35. The Bertz CT molecular complexity index is 752. The number of halogens is 1. The Morgan fingerprint density at radius 1 is 1.32 bits per heavy atom. The number of phenols is 1. The van der Waals surface area contributed by atoms with Crippen LogP contribution in [-0.4, -0.2) is 19.6 Å². The van der Waals surface area contributed by atoms with Crippen LogP contribution in [0, 0.1) is 0 Å². The first-order valence-electron chi connectivity index (χ1n) is 6.01. The van der Waals surface area contributed by atoms with Gasteiger partial charge >= 0.3 is 0 Å². The summed E-state index contributed by atoms with van der Waals surface area (Å²) in [5.74, 6) is 0.888. The molecule has 0 aliphatic carbocycles. The molecular weight excluding hydrogens is 262 g/mol. The Morgan fingerprint density at radius 2 is 2.16 bits per heavy atom. The standard InChI is InChI=1S/C14H12ClN3O/c1-2-18-13(10-8-9(19)5-6-11(10)15)17-12-4-3-7-16-14(12)18/h3-8,19H,2H2,1H3. The maximum absolute atomic E-state index is 9.63. The van der Waals surface area contributed by atoms with Crippen LogP contribution in [0.5, 0.6) is 5.75 Å². The molecule has 1 aromatic carbocycles. The van der Waals surface area contributed by atoms with Crippen LogP contribution in [-0.2, 0) is 6.54 Å². The van der Waals surface area contributed by atoms with Gasteiger partial charge in [-0.15, -0.1) is 0 Å². The van der Waals surface area contributed by atoms with Crippen LogP contribution >= 0.6 is 11.6 Å². The van der Waals surface area contributed by atoms with Gasteiger partial charge in [0.15, 0.2) is 5.65 Å². The Kier molecular flexibility index (Phi) is 2.87. The number of phenolic OH excluding ortho intramolecular Hbond substituents is 1. The summed E-state index contributed by atoms with van der Waals surface area (Å²) in [4.78, 5) is 8.91. The Balaban J connectivity index is 2.33. The monoisotopic (exact) mass is 273 g/mol. The van der Waals surface area contributed by atoms with Crippen LogP contribution in [0.1, 0.15) is 6.92 Å². The van der Waals surface area contributed by atoms with Crippen molar-refractivity contribution in [1.82, 2.24) is 14.5 Å². The van der Waals surface area contributed by atoms with Gasteiger partial charge in [-0.05, 0) is 37.3 Å². The number of rotatable bonds is 2. The lowest BCUT2D eigenvalue weighted by atomic mass is 10.2. The SMILES string of the molecule is CCn1c(-c2cc(O)ccc2Cl)nc2cccnc21. The predicted octanol–water partition coefficient (Wildman–Crippen LogP) is 3.48. The summed E-state index contributed by atoms with van der Waals surface area (Å²) >= 11 is 6.20. The molecule has 0 saturated heterocycles. The molecule has 0 spiro atoms. The number of aromatic hydroxyl groups is 1. The van der Waals surface area contributed by atoms with Gasteiger partial charge in [-0.25, -0.2) is 9.97 Å². The number of pyridine rings is 1. The first-order chi connectivity index (χ1) is 9.20. The third-order valence-corrected chi connectivity index (χ3v) is 3.34. The van der Waals surface area contributed by atoms with Gasteiger partial charge in [0.2, 0.25) is 0 Å². The van der Waals surface area contributed by atoms with Crippen molar-refractivity contribution in [2.75, 3.05) is 0 Å². The molecule has 1 N–H and O–H groups in total. The molecule has 96 valence electrons. The number of benzene rings is 1. The van der Waals surface area contributed by atoms with Crippen LogP contribution in [0.4, 0.5) is 0 Å².